The Morgan fingerprint density at radius 2 is 2.40 bits per heavy atom. The Labute approximate surface area is 89.5 Å². The molecule has 1 N–H and O–H groups in total. The van der Waals surface area contributed by atoms with Crippen LogP contribution in [0.5, 0.6) is 0 Å². The molecule has 0 saturated carbocycles. The highest BCUT2D eigenvalue weighted by atomic mass is 16.6. The fourth-order valence-corrected chi connectivity index (χ4v) is 2.41. The molecule has 15 heavy (non-hydrogen) atoms. The highest BCUT2D eigenvalue weighted by molar-refractivity contribution is 5.69. The van der Waals surface area contributed by atoms with E-state index < -0.39 is 6.10 Å². The highest BCUT2D eigenvalue weighted by Gasteiger charge is 2.40. The van der Waals surface area contributed by atoms with Crippen LogP contribution < -0.4 is 0 Å². The predicted molar refractivity (Wildman–Crippen MR) is 55.4 cm³/mol. The second-order valence-corrected chi connectivity index (χ2v) is 4.05. The number of piperidine rings is 1. The number of rotatable bonds is 1. The van der Waals surface area contributed by atoms with Crippen LogP contribution in [0.25, 0.3) is 0 Å². The minimum absolute atomic E-state index is 0.0900. The quantitative estimate of drug-likeness (QED) is 0.665. The molecule has 1 amide bonds. The van der Waals surface area contributed by atoms with Gasteiger partial charge in [-0.25, -0.2) is 4.79 Å². The Morgan fingerprint density at radius 1 is 1.60 bits per heavy atom. The monoisotopic (exact) mass is 211 g/mol. The number of fused-ring (bicyclic) bond motifs is 2. The molecule has 3 atom stereocenters. The normalized spacial score (nSPS) is 34.0. The minimum atomic E-state index is -0.407. The van der Waals surface area contributed by atoms with E-state index in [1.54, 1.807) is 11.8 Å². The number of hydrogen-bond donors (Lipinski definition) is 1. The van der Waals surface area contributed by atoms with Crippen LogP contribution >= 0.6 is 0 Å². The van der Waals surface area contributed by atoms with Gasteiger partial charge in [-0.2, -0.15) is 0 Å². The zero-order chi connectivity index (χ0) is 10.8. The van der Waals surface area contributed by atoms with Crippen molar-refractivity contribution in [3.8, 4) is 0 Å². The Bertz CT molecular complexity index is 277. The molecule has 2 aliphatic rings. The number of carbonyl (C=O) groups excluding carboxylic acids is 1. The molecule has 2 rings (SSSR count). The molecule has 0 aromatic heterocycles. The molecule has 0 spiro atoms. The summed E-state index contributed by atoms with van der Waals surface area (Å²) in [5.41, 5.74) is 0. The smallest absolute Gasteiger partial charge is 0.410 e. The molecule has 1 saturated heterocycles. The van der Waals surface area contributed by atoms with E-state index in [2.05, 4.69) is 0 Å². The first-order valence-electron chi connectivity index (χ1n) is 5.54. The zero-order valence-electron chi connectivity index (χ0n) is 8.93. The lowest BCUT2D eigenvalue weighted by Crippen LogP contribution is -2.56. The van der Waals surface area contributed by atoms with E-state index in [0.29, 0.717) is 6.61 Å². The van der Waals surface area contributed by atoms with Crippen LogP contribution in [0.1, 0.15) is 26.2 Å². The molecule has 2 heterocycles. The summed E-state index contributed by atoms with van der Waals surface area (Å²) in [4.78, 5) is 13.4. The lowest BCUT2D eigenvalue weighted by atomic mass is 9.87. The van der Waals surface area contributed by atoms with Gasteiger partial charge in [0.15, 0.2) is 0 Å². The van der Waals surface area contributed by atoms with Crippen LogP contribution in [0.4, 0.5) is 4.79 Å². The van der Waals surface area contributed by atoms with E-state index in [-0.39, 0.29) is 18.2 Å². The Morgan fingerprint density at radius 3 is 3.13 bits per heavy atom. The van der Waals surface area contributed by atoms with Crippen molar-refractivity contribution in [2.45, 2.75) is 44.4 Å². The topological polar surface area (TPSA) is 49.8 Å². The average molecular weight is 211 g/mol. The second-order valence-electron chi connectivity index (χ2n) is 4.05. The summed E-state index contributed by atoms with van der Waals surface area (Å²) in [5, 5.41) is 9.82. The van der Waals surface area contributed by atoms with E-state index >= 15 is 0 Å². The summed E-state index contributed by atoms with van der Waals surface area (Å²) in [6.45, 7) is 2.18. The molecule has 2 aliphatic heterocycles. The first-order valence-corrected chi connectivity index (χ1v) is 5.54. The first-order chi connectivity index (χ1) is 7.24. The Balaban J connectivity index is 2.15. The van der Waals surface area contributed by atoms with Gasteiger partial charge in [-0.3, -0.25) is 4.90 Å². The van der Waals surface area contributed by atoms with E-state index in [9.17, 15) is 9.90 Å². The molecule has 84 valence electrons. The van der Waals surface area contributed by atoms with Crippen molar-refractivity contribution in [2.24, 2.45) is 0 Å². The van der Waals surface area contributed by atoms with Crippen LogP contribution in [-0.2, 0) is 4.74 Å². The fourth-order valence-electron chi connectivity index (χ4n) is 2.41. The number of ether oxygens (including phenoxy) is 1. The van der Waals surface area contributed by atoms with Gasteiger partial charge in [-0.15, -0.1) is 0 Å². The molecule has 1 fully saturated rings. The fraction of sp³-hybridized carbons (Fsp3) is 0.727. The Hall–Kier alpha value is -1.03. The van der Waals surface area contributed by atoms with Crippen LogP contribution in [-0.4, -0.2) is 40.9 Å². The van der Waals surface area contributed by atoms with Crippen LogP contribution in [0.15, 0.2) is 12.2 Å². The maximum absolute atomic E-state index is 11.7. The number of aliphatic hydroxyl groups excluding tert-OH is 1. The van der Waals surface area contributed by atoms with Gasteiger partial charge in [0.25, 0.3) is 0 Å². The van der Waals surface area contributed by atoms with Gasteiger partial charge in [0, 0.05) is 0 Å². The summed E-state index contributed by atoms with van der Waals surface area (Å²) in [5.74, 6) is 0. The van der Waals surface area contributed by atoms with Crippen molar-refractivity contribution in [3.63, 3.8) is 0 Å². The molecule has 0 aromatic rings. The Kier molecular flexibility index (Phi) is 2.95. The number of aliphatic hydroxyl groups is 1. The van der Waals surface area contributed by atoms with Crippen LogP contribution in [0.3, 0.4) is 0 Å². The molecule has 4 nitrogen and oxygen atoms in total. The number of carbonyl (C=O) groups is 1. The maximum atomic E-state index is 11.7. The summed E-state index contributed by atoms with van der Waals surface area (Å²) < 4.78 is 5.01. The van der Waals surface area contributed by atoms with Gasteiger partial charge in [-0.05, 0) is 26.2 Å². The standard InChI is InChI=1S/C11H17NO3/c1-2-15-11(14)12-8-4-3-5-9(12)10(13)7-6-8/h3-4,8-10,13H,2,5-7H2,1H3/t8-,9+,10+/m0/s1. The van der Waals surface area contributed by atoms with E-state index in [1.165, 1.54) is 0 Å². The van der Waals surface area contributed by atoms with Crippen molar-refractivity contribution in [1.29, 1.82) is 0 Å². The second kappa shape index (κ2) is 4.23. The maximum Gasteiger partial charge on any atom is 0.410 e. The first kappa shape index (κ1) is 10.5. The molecule has 2 bridgehead atoms. The van der Waals surface area contributed by atoms with Crippen molar-refractivity contribution in [1.82, 2.24) is 4.90 Å². The van der Waals surface area contributed by atoms with Crippen molar-refractivity contribution >= 4 is 6.09 Å². The summed E-state index contributed by atoms with van der Waals surface area (Å²) in [6, 6.07) is 0.0269. The summed E-state index contributed by atoms with van der Waals surface area (Å²) in [7, 11) is 0. The van der Waals surface area contributed by atoms with E-state index in [0.717, 1.165) is 19.3 Å². The lowest BCUT2D eigenvalue weighted by molar-refractivity contribution is -0.0127. The number of nitrogens with zero attached hydrogens (tertiary/aromatic N) is 1. The van der Waals surface area contributed by atoms with Gasteiger partial charge in [-0.1, -0.05) is 12.2 Å². The SMILES string of the molecule is CCOC(=O)N1[C@@H]2CC=C[C@H]1CC[C@H]2O. The lowest BCUT2D eigenvalue weighted by Gasteiger charge is -2.44. The van der Waals surface area contributed by atoms with E-state index in [1.807, 2.05) is 12.2 Å². The molecular weight excluding hydrogens is 194 g/mol. The molecular formula is C11H17NO3. The number of amides is 1. The van der Waals surface area contributed by atoms with Gasteiger partial charge < -0.3 is 9.84 Å². The minimum Gasteiger partial charge on any atom is -0.450 e. The predicted octanol–water partition coefficient (Wildman–Crippen LogP) is 1.30. The van der Waals surface area contributed by atoms with Gasteiger partial charge in [0.1, 0.15) is 0 Å². The van der Waals surface area contributed by atoms with Crippen LogP contribution in [0, 0.1) is 0 Å². The van der Waals surface area contributed by atoms with Crippen LogP contribution in [0.2, 0.25) is 0 Å². The molecule has 0 unspecified atom stereocenters. The van der Waals surface area contributed by atoms with Crippen molar-refractivity contribution in [3.05, 3.63) is 12.2 Å². The van der Waals surface area contributed by atoms with Gasteiger partial charge >= 0.3 is 6.09 Å². The largest absolute Gasteiger partial charge is 0.450 e. The third kappa shape index (κ3) is 1.86. The third-order valence-corrected chi connectivity index (χ3v) is 3.13. The van der Waals surface area contributed by atoms with E-state index in [4.69, 9.17) is 4.74 Å². The van der Waals surface area contributed by atoms with Crippen molar-refractivity contribution < 1.29 is 14.6 Å². The average Bonchev–Trinajstić information content (AvgIpc) is 2.24. The highest BCUT2D eigenvalue weighted by Crippen LogP contribution is 2.30. The molecule has 0 radical (unpaired) electrons. The number of hydrogen-bond acceptors (Lipinski definition) is 3. The molecule has 0 aromatic carbocycles. The van der Waals surface area contributed by atoms with Crippen molar-refractivity contribution in [2.75, 3.05) is 6.61 Å². The zero-order valence-corrected chi connectivity index (χ0v) is 8.93. The van der Waals surface area contributed by atoms with Gasteiger partial charge in [0.05, 0.1) is 24.8 Å². The van der Waals surface area contributed by atoms with Gasteiger partial charge in [0.2, 0.25) is 0 Å². The summed E-state index contributed by atoms with van der Waals surface area (Å²) in [6.07, 6.45) is 5.72. The summed E-state index contributed by atoms with van der Waals surface area (Å²) >= 11 is 0. The molecule has 4 heteroatoms. The third-order valence-electron chi connectivity index (χ3n) is 3.13. The molecule has 0 aliphatic carbocycles.